The van der Waals surface area contributed by atoms with Crippen molar-refractivity contribution < 1.29 is 4.52 Å². The molecule has 0 spiro atoms. The first-order valence-electron chi connectivity index (χ1n) is 6.18. The fourth-order valence-corrected chi connectivity index (χ4v) is 2.75. The average molecular weight is 296 g/mol. The molecule has 4 aromatic rings. The summed E-state index contributed by atoms with van der Waals surface area (Å²) in [6, 6.07) is 11.0. The summed E-state index contributed by atoms with van der Waals surface area (Å²) in [4.78, 5) is 17.0. The van der Waals surface area contributed by atoms with Gasteiger partial charge in [-0.1, -0.05) is 29.4 Å². The van der Waals surface area contributed by atoms with Gasteiger partial charge in [-0.3, -0.25) is 4.79 Å². The number of H-pyrrole nitrogens is 1. The van der Waals surface area contributed by atoms with E-state index >= 15 is 0 Å². The third-order valence-electron chi connectivity index (χ3n) is 3.07. The van der Waals surface area contributed by atoms with Crippen molar-refractivity contribution in [2.75, 3.05) is 0 Å². The number of hydrogen-bond donors (Lipinski definition) is 1. The number of benzene rings is 1. The van der Waals surface area contributed by atoms with Crippen LogP contribution in [0.15, 0.2) is 51.1 Å². The standard InChI is InChI=1S/C14H8N4O2S/c19-13-9-5-2-1-4-8(9)11(16-17-13)14-15-12(18-20-14)10-6-3-7-21-10/h1-7H,(H,17,19). The molecule has 3 heterocycles. The highest BCUT2D eigenvalue weighted by Crippen LogP contribution is 2.27. The molecule has 0 aliphatic carbocycles. The van der Waals surface area contributed by atoms with Crippen LogP contribution < -0.4 is 5.56 Å². The summed E-state index contributed by atoms with van der Waals surface area (Å²) in [6.07, 6.45) is 0. The zero-order chi connectivity index (χ0) is 14.2. The zero-order valence-electron chi connectivity index (χ0n) is 10.6. The molecule has 0 radical (unpaired) electrons. The molecule has 0 fully saturated rings. The van der Waals surface area contributed by atoms with E-state index in [0.717, 1.165) is 4.88 Å². The first-order valence-corrected chi connectivity index (χ1v) is 7.06. The monoisotopic (exact) mass is 296 g/mol. The van der Waals surface area contributed by atoms with E-state index in [0.29, 0.717) is 22.3 Å². The average Bonchev–Trinajstić information content (AvgIpc) is 3.19. The second kappa shape index (κ2) is 4.64. The zero-order valence-corrected chi connectivity index (χ0v) is 11.4. The van der Waals surface area contributed by atoms with Crippen LogP contribution in [0.1, 0.15) is 0 Å². The molecule has 7 heteroatoms. The lowest BCUT2D eigenvalue weighted by Gasteiger charge is -1.99. The number of aromatic amines is 1. The minimum Gasteiger partial charge on any atom is -0.332 e. The SMILES string of the molecule is O=c1[nH]nc(-c2nc(-c3cccs3)no2)c2ccccc12. The van der Waals surface area contributed by atoms with Crippen LogP contribution in [0, 0.1) is 0 Å². The van der Waals surface area contributed by atoms with Gasteiger partial charge < -0.3 is 4.52 Å². The molecule has 0 saturated carbocycles. The van der Waals surface area contributed by atoms with E-state index in [1.165, 1.54) is 11.3 Å². The van der Waals surface area contributed by atoms with Crippen molar-refractivity contribution in [1.29, 1.82) is 0 Å². The summed E-state index contributed by atoms with van der Waals surface area (Å²) >= 11 is 1.53. The maximum absolute atomic E-state index is 11.8. The van der Waals surface area contributed by atoms with Gasteiger partial charge in [-0.2, -0.15) is 10.1 Å². The Bertz CT molecular complexity index is 972. The van der Waals surface area contributed by atoms with Crippen molar-refractivity contribution >= 4 is 22.1 Å². The second-order valence-electron chi connectivity index (χ2n) is 4.35. The van der Waals surface area contributed by atoms with Gasteiger partial charge in [0.25, 0.3) is 11.4 Å². The number of hydrogen-bond acceptors (Lipinski definition) is 6. The van der Waals surface area contributed by atoms with Crippen LogP contribution in [0.4, 0.5) is 0 Å². The van der Waals surface area contributed by atoms with Gasteiger partial charge >= 0.3 is 0 Å². The molecule has 21 heavy (non-hydrogen) atoms. The molecule has 0 amide bonds. The van der Waals surface area contributed by atoms with Crippen molar-refractivity contribution in [3.63, 3.8) is 0 Å². The fraction of sp³-hybridized carbons (Fsp3) is 0. The maximum atomic E-state index is 11.8. The molecule has 1 aromatic carbocycles. The highest BCUT2D eigenvalue weighted by molar-refractivity contribution is 7.13. The Morgan fingerprint density at radius 1 is 1.10 bits per heavy atom. The Labute approximate surface area is 122 Å². The summed E-state index contributed by atoms with van der Waals surface area (Å²) in [5, 5.41) is 13.6. The number of fused-ring (bicyclic) bond motifs is 1. The third kappa shape index (κ3) is 1.95. The number of nitrogens with one attached hydrogen (secondary N) is 1. The van der Waals surface area contributed by atoms with E-state index in [-0.39, 0.29) is 11.4 Å². The molecule has 3 aromatic heterocycles. The number of aromatic nitrogens is 4. The molecule has 1 N–H and O–H groups in total. The largest absolute Gasteiger partial charge is 0.332 e. The van der Waals surface area contributed by atoms with E-state index in [1.807, 2.05) is 29.6 Å². The first-order chi connectivity index (χ1) is 10.3. The smallest absolute Gasteiger partial charge is 0.279 e. The third-order valence-corrected chi connectivity index (χ3v) is 3.93. The Morgan fingerprint density at radius 2 is 1.95 bits per heavy atom. The molecule has 6 nitrogen and oxygen atoms in total. The van der Waals surface area contributed by atoms with Crippen molar-refractivity contribution in [3.05, 3.63) is 52.1 Å². The van der Waals surface area contributed by atoms with Crippen LogP contribution in [0.3, 0.4) is 0 Å². The summed E-state index contributed by atoms with van der Waals surface area (Å²) in [5.74, 6) is 0.794. The van der Waals surface area contributed by atoms with Crippen LogP contribution in [0.25, 0.3) is 33.1 Å². The highest BCUT2D eigenvalue weighted by Gasteiger charge is 2.16. The van der Waals surface area contributed by atoms with Crippen LogP contribution >= 0.6 is 11.3 Å². The molecular weight excluding hydrogens is 288 g/mol. The molecule has 0 saturated heterocycles. The molecule has 0 aliphatic rings. The van der Waals surface area contributed by atoms with Crippen LogP contribution in [-0.2, 0) is 0 Å². The summed E-state index contributed by atoms with van der Waals surface area (Å²) < 4.78 is 5.28. The molecule has 102 valence electrons. The maximum Gasteiger partial charge on any atom is 0.279 e. The van der Waals surface area contributed by atoms with E-state index in [2.05, 4.69) is 20.3 Å². The van der Waals surface area contributed by atoms with Gasteiger partial charge in [-0.05, 0) is 17.5 Å². The molecule has 0 unspecified atom stereocenters. The number of thiophene rings is 1. The van der Waals surface area contributed by atoms with E-state index in [4.69, 9.17) is 4.52 Å². The topological polar surface area (TPSA) is 84.7 Å². The number of rotatable bonds is 2. The van der Waals surface area contributed by atoms with Crippen molar-refractivity contribution in [2.45, 2.75) is 0 Å². The van der Waals surface area contributed by atoms with Crippen LogP contribution in [-0.4, -0.2) is 20.3 Å². The lowest BCUT2D eigenvalue weighted by molar-refractivity contribution is 0.431. The molecule has 0 atom stereocenters. The molecule has 0 bridgehead atoms. The minimum atomic E-state index is -0.243. The predicted octanol–water partition coefficient (Wildman–Crippen LogP) is 2.70. The van der Waals surface area contributed by atoms with E-state index < -0.39 is 0 Å². The fourth-order valence-electron chi connectivity index (χ4n) is 2.10. The Kier molecular flexibility index (Phi) is 2.65. The Hall–Kier alpha value is -2.80. The van der Waals surface area contributed by atoms with Crippen LogP contribution in [0.5, 0.6) is 0 Å². The number of nitrogens with zero attached hydrogens (tertiary/aromatic N) is 3. The van der Waals surface area contributed by atoms with Crippen molar-refractivity contribution in [1.82, 2.24) is 20.3 Å². The molecule has 4 rings (SSSR count). The molecule has 0 aliphatic heterocycles. The summed E-state index contributed by atoms with van der Waals surface area (Å²) in [7, 11) is 0. The first kappa shape index (κ1) is 12.0. The Morgan fingerprint density at radius 3 is 2.76 bits per heavy atom. The lowest BCUT2D eigenvalue weighted by atomic mass is 10.1. The van der Waals surface area contributed by atoms with Gasteiger partial charge in [0.05, 0.1) is 10.3 Å². The quantitative estimate of drug-likeness (QED) is 0.614. The Balaban J connectivity index is 1.92. The van der Waals surface area contributed by atoms with Crippen molar-refractivity contribution in [3.8, 4) is 22.3 Å². The minimum absolute atomic E-state index is 0.243. The van der Waals surface area contributed by atoms with Gasteiger partial charge in [0, 0.05) is 5.39 Å². The van der Waals surface area contributed by atoms with Gasteiger partial charge in [0.2, 0.25) is 5.82 Å². The molecular formula is C14H8N4O2S. The van der Waals surface area contributed by atoms with E-state index in [9.17, 15) is 4.79 Å². The summed E-state index contributed by atoms with van der Waals surface area (Å²) in [5.41, 5.74) is 0.229. The van der Waals surface area contributed by atoms with Crippen LogP contribution in [0.2, 0.25) is 0 Å². The van der Waals surface area contributed by atoms with Gasteiger partial charge in [-0.25, -0.2) is 5.10 Å². The predicted molar refractivity (Wildman–Crippen MR) is 79.0 cm³/mol. The van der Waals surface area contributed by atoms with Gasteiger partial charge in [0.15, 0.2) is 5.69 Å². The van der Waals surface area contributed by atoms with E-state index in [1.54, 1.807) is 12.1 Å². The van der Waals surface area contributed by atoms with Gasteiger partial charge in [0.1, 0.15) is 0 Å². The lowest BCUT2D eigenvalue weighted by Crippen LogP contribution is -2.09. The summed E-state index contributed by atoms with van der Waals surface area (Å²) in [6.45, 7) is 0. The highest BCUT2D eigenvalue weighted by atomic mass is 32.1. The van der Waals surface area contributed by atoms with Crippen molar-refractivity contribution in [2.24, 2.45) is 0 Å². The van der Waals surface area contributed by atoms with Gasteiger partial charge in [-0.15, -0.1) is 11.3 Å². The second-order valence-corrected chi connectivity index (χ2v) is 5.30. The normalized spacial score (nSPS) is 11.0.